The third kappa shape index (κ3) is 6.20. The van der Waals surface area contributed by atoms with Crippen molar-refractivity contribution in [2.75, 3.05) is 12.3 Å². The van der Waals surface area contributed by atoms with Crippen molar-refractivity contribution in [1.82, 2.24) is 14.1 Å². The van der Waals surface area contributed by atoms with E-state index in [-0.39, 0.29) is 29.6 Å². The van der Waals surface area contributed by atoms with Crippen molar-refractivity contribution in [2.45, 2.75) is 6.54 Å². The van der Waals surface area contributed by atoms with E-state index in [1.165, 1.54) is 11.7 Å². The molecule has 0 saturated carbocycles. The molecule has 2 rings (SSSR count). The average Bonchev–Trinajstić information content (AvgIpc) is 2.74. The van der Waals surface area contributed by atoms with E-state index < -0.39 is 6.80 Å². The molecular weight excluding hydrogens is 316 g/mol. The van der Waals surface area contributed by atoms with Crippen LogP contribution in [-0.4, -0.2) is 25.9 Å². The summed E-state index contributed by atoms with van der Waals surface area (Å²) in [5, 5.41) is 3.09. The summed E-state index contributed by atoms with van der Waals surface area (Å²) in [6.07, 6.45) is 0. The maximum atomic E-state index is 10.5. The Morgan fingerprint density at radius 1 is 1.42 bits per heavy atom. The van der Waals surface area contributed by atoms with E-state index in [2.05, 4.69) is 14.1 Å². The first-order valence-electron chi connectivity index (χ1n) is 5.15. The molecule has 0 amide bonds. The predicted molar refractivity (Wildman–Crippen MR) is 71.4 cm³/mol. The summed E-state index contributed by atoms with van der Waals surface area (Å²) < 4.78 is 18.7. The topological polar surface area (TPSA) is 98.2 Å². The third-order valence-corrected chi connectivity index (χ3v) is 4.98. The molecule has 2 aromatic rings. The Hall–Kier alpha value is 0.500. The molecule has 0 spiro atoms. The zero-order chi connectivity index (χ0) is 13.0. The molecule has 98 valence electrons. The minimum absolute atomic E-state index is 0. The van der Waals surface area contributed by atoms with Gasteiger partial charge in [0.2, 0.25) is 0 Å². The van der Waals surface area contributed by atoms with Crippen LogP contribution in [0.25, 0.3) is 11.0 Å². The molecule has 2 N–H and O–H groups in total. The van der Waals surface area contributed by atoms with Gasteiger partial charge in [-0.15, -0.1) is 0 Å². The summed E-state index contributed by atoms with van der Waals surface area (Å²) >= 11 is 1.72. The number of nitrogens with zero attached hydrogens (tertiary/aromatic N) is 2. The molecule has 0 radical (unpaired) electrons. The van der Waals surface area contributed by atoms with Gasteiger partial charge in [-0.3, -0.25) is 4.57 Å². The van der Waals surface area contributed by atoms with Crippen LogP contribution in [0.5, 0.6) is 0 Å². The van der Waals surface area contributed by atoms with Gasteiger partial charge in [-0.05, 0) is 17.7 Å². The number of hydrogen-bond acceptors (Lipinski definition) is 7. The van der Waals surface area contributed by atoms with Crippen LogP contribution in [-0.2, 0) is 11.1 Å². The first kappa shape index (κ1) is 17.6. The molecule has 0 aliphatic heterocycles. The fourth-order valence-electron chi connectivity index (χ4n) is 1.40. The molecule has 19 heavy (non-hydrogen) atoms. The molecule has 0 aliphatic carbocycles. The average molecular weight is 327 g/mol. The molecule has 0 aliphatic rings. The largest absolute Gasteiger partial charge is 1.00 e. The van der Waals surface area contributed by atoms with Crippen LogP contribution in [0.3, 0.4) is 0 Å². The Bertz CT molecular complexity index is 577. The molecular formula is C9H11N3NaO3PS2. The normalized spacial score (nSPS) is 14.0. The van der Waals surface area contributed by atoms with Crippen molar-refractivity contribution >= 4 is 40.9 Å². The van der Waals surface area contributed by atoms with E-state index in [9.17, 15) is 9.46 Å². The number of aromatic nitrogens is 2. The second-order valence-corrected chi connectivity index (χ2v) is 7.86. The number of benzene rings is 1. The third-order valence-electron chi connectivity index (χ3n) is 2.18. The number of hydrogen-bond donors (Lipinski definition) is 2. The van der Waals surface area contributed by atoms with Crippen LogP contribution in [0.4, 0.5) is 0 Å². The number of rotatable bonds is 6. The second kappa shape index (κ2) is 8.07. The zero-order valence-electron chi connectivity index (χ0n) is 10.3. The Morgan fingerprint density at radius 2 is 2.16 bits per heavy atom. The molecule has 1 unspecified atom stereocenters. The Kier molecular flexibility index (Phi) is 7.45. The molecule has 6 nitrogen and oxygen atoms in total. The molecule has 1 heterocycles. The first-order chi connectivity index (χ1) is 8.54. The molecule has 1 atom stereocenters. The van der Waals surface area contributed by atoms with Gasteiger partial charge < -0.3 is 15.1 Å². The smallest absolute Gasteiger partial charge is 0.770 e. The molecule has 0 bridgehead atoms. The fraction of sp³-hybridized carbons (Fsp3) is 0.333. The SMILES string of the molecule is O=P([O-])(O)SCCNCc1ccc2nsnc2c1.[Na+]. The molecule has 10 heteroatoms. The van der Waals surface area contributed by atoms with Crippen LogP contribution in [0.15, 0.2) is 18.2 Å². The molecule has 1 aromatic heterocycles. The Labute approximate surface area is 140 Å². The molecule has 0 fully saturated rings. The van der Waals surface area contributed by atoms with Gasteiger partial charge in [-0.25, -0.2) is 0 Å². The minimum atomic E-state index is -4.19. The second-order valence-electron chi connectivity index (χ2n) is 3.57. The van der Waals surface area contributed by atoms with Crippen molar-refractivity contribution in [1.29, 1.82) is 0 Å². The molecule has 1 aromatic carbocycles. The Morgan fingerprint density at radius 3 is 2.89 bits per heavy atom. The van der Waals surface area contributed by atoms with E-state index in [0.29, 0.717) is 30.2 Å². The summed E-state index contributed by atoms with van der Waals surface area (Å²) in [5.74, 6) is 0.317. The van der Waals surface area contributed by atoms with Crippen LogP contribution >= 0.6 is 29.9 Å². The van der Waals surface area contributed by atoms with Crippen LogP contribution < -0.4 is 39.8 Å². The van der Waals surface area contributed by atoms with Crippen molar-refractivity contribution in [3.63, 3.8) is 0 Å². The summed E-state index contributed by atoms with van der Waals surface area (Å²) in [6.45, 7) is -3.06. The maximum Gasteiger partial charge on any atom is 1.00 e. The van der Waals surface area contributed by atoms with Gasteiger partial charge in [0.05, 0.1) is 11.7 Å². The van der Waals surface area contributed by atoms with Gasteiger partial charge in [0.1, 0.15) is 11.0 Å². The van der Waals surface area contributed by atoms with E-state index in [1.54, 1.807) is 0 Å². The van der Waals surface area contributed by atoms with Gasteiger partial charge >= 0.3 is 29.6 Å². The van der Waals surface area contributed by atoms with E-state index in [4.69, 9.17) is 4.89 Å². The van der Waals surface area contributed by atoms with Crippen molar-refractivity contribution in [2.24, 2.45) is 0 Å². The van der Waals surface area contributed by atoms with Gasteiger partial charge in [0.25, 0.3) is 0 Å². The van der Waals surface area contributed by atoms with Crippen LogP contribution in [0.1, 0.15) is 5.56 Å². The standard InChI is InChI=1S/C9H12N3O3PS2.Na/c13-16(14,15)17-4-3-10-6-7-1-2-8-9(5-7)12-18-11-8;/h1-2,5,10H,3-4,6H2,(H2,13,14,15);/q;+1/p-1. The van der Waals surface area contributed by atoms with Crippen molar-refractivity contribution in [3.05, 3.63) is 23.8 Å². The van der Waals surface area contributed by atoms with Crippen LogP contribution in [0.2, 0.25) is 0 Å². The monoisotopic (exact) mass is 327 g/mol. The van der Waals surface area contributed by atoms with E-state index in [1.807, 2.05) is 18.2 Å². The number of nitrogens with one attached hydrogen (secondary N) is 1. The molecule has 0 saturated heterocycles. The van der Waals surface area contributed by atoms with Gasteiger partial charge in [0.15, 0.2) is 6.80 Å². The van der Waals surface area contributed by atoms with Gasteiger partial charge in [0, 0.05) is 18.8 Å². The summed E-state index contributed by atoms with van der Waals surface area (Å²) in [7, 11) is 0. The van der Waals surface area contributed by atoms with E-state index in [0.717, 1.165) is 16.6 Å². The number of fused-ring (bicyclic) bond motifs is 1. The predicted octanol–water partition coefficient (Wildman–Crippen LogP) is -2.02. The van der Waals surface area contributed by atoms with Gasteiger partial charge in [-0.1, -0.05) is 17.4 Å². The maximum absolute atomic E-state index is 10.5. The summed E-state index contributed by atoms with van der Waals surface area (Å²) in [5.41, 5.74) is 2.81. The minimum Gasteiger partial charge on any atom is -0.770 e. The first-order valence-corrected chi connectivity index (χ1v) is 9.05. The summed E-state index contributed by atoms with van der Waals surface area (Å²) in [6, 6.07) is 5.81. The fourth-order valence-corrected chi connectivity index (χ4v) is 3.35. The summed E-state index contributed by atoms with van der Waals surface area (Å²) in [4.78, 5) is 19.0. The van der Waals surface area contributed by atoms with Gasteiger partial charge in [-0.2, -0.15) is 8.75 Å². The Balaban J connectivity index is 0.00000180. The van der Waals surface area contributed by atoms with Crippen molar-refractivity contribution in [3.8, 4) is 0 Å². The van der Waals surface area contributed by atoms with E-state index >= 15 is 0 Å². The zero-order valence-corrected chi connectivity index (χ0v) is 14.8. The van der Waals surface area contributed by atoms with Crippen molar-refractivity contribution < 1.29 is 43.9 Å². The van der Waals surface area contributed by atoms with Crippen LogP contribution in [0, 0.1) is 0 Å². The quantitative estimate of drug-likeness (QED) is 0.359.